The first-order valence-corrected chi connectivity index (χ1v) is 24.2. The second kappa shape index (κ2) is 22.5. The molecule has 14 atom stereocenters. The van der Waals surface area contributed by atoms with Gasteiger partial charge < -0.3 is 48.1 Å². The van der Waals surface area contributed by atoms with E-state index in [1.165, 1.54) is 12.0 Å². The van der Waals surface area contributed by atoms with E-state index in [-0.39, 0.29) is 55.6 Å². The van der Waals surface area contributed by atoms with Crippen LogP contribution in [0.1, 0.15) is 112 Å². The second-order valence-corrected chi connectivity index (χ2v) is 19.9. The minimum absolute atomic E-state index is 0.0176. The molecule has 4 heterocycles. The average molecular weight is 921 g/mol. The maximum absolute atomic E-state index is 14.5. The van der Waals surface area contributed by atoms with Gasteiger partial charge in [-0.1, -0.05) is 45.4 Å². The first-order valence-electron chi connectivity index (χ1n) is 24.2. The van der Waals surface area contributed by atoms with Crippen molar-refractivity contribution < 1.29 is 57.8 Å². The average Bonchev–Trinajstić information content (AvgIpc) is 3.68. The Morgan fingerprint density at radius 3 is 2.32 bits per heavy atom. The lowest BCUT2D eigenvalue weighted by Gasteiger charge is -2.47. The molecular formula is C52H76N2O12. The molecule has 4 aliphatic rings. The van der Waals surface area contributed by atoms with Crippen molar-refractivity contribution in [3.63, 3.8) is 0 Å². The number of fused-ring (bicyclic) bond motifs is 4. The predicted molar refractivity (Wildman–Crippen MR) is 249 cm³/mol. The molecule has 2 bridgehead atoms. The summed E-state index contributed by atoms with van der Waals surface area (Å²) in [5.41, 5.74) is 2.81. The Bertz CT molecular complexity index is 2080. The fourth-order valence-corrected chi connectivity index (χ4v) is 11.0. The lowest BCUT2D eigenvalue weighted by Crippen LogP contribution is -2.64. The Morgan fingerprint density at radius 2 is 1.62 bits per heavy atom. The number of carbonyl (C=O) groups is 4. The monoisotopic (exact) mass is 921 g/mol. The molecule has 3 aliphatic heterocycles. The first kappa shape index (κ1) is 51.5. The van der Waals surface area contributed by atoms with E-state index in [1.807, 2.05) is 58.3 Å². The molecule has 2 saturated heterocycles. The molecule has 6 rings (SSSR count). The topological polar surface area (TPSA) is 172 Å². The Kier molecular flexibility index (Phi) is 17.5. The summed E-state index contributed by atoms with van der Waals surface area (Å²) >= 11 is 0. The van der Waals surface area contributed by atoms with E-state index in [1.54, 1.807) is 28.1 Å². The number of aliphatic hydroxyl groups is 2. The predicted octanol–water partition coefficient (Wildman–Crippen LogP) is 7.05. The van der Waals surface area contributed by atoms with Gasteiger partial charge in [-0.25, -0.2) is 4.79 Å². The highest BCUT2D eigenvalue weighted by molar-refractivity contribution is 6.39. The number of hydrogen-bond donors (Lipinski definition) is 2. The maximum Gasteiger partial charge on any atom is 0.329 e. The number of carbonyl (C=O) groups excluding carboxylic acids is 4. The zero-order valence-corrected chi connectivity index (χ0v) is 40.9. The summed E-state index contributed by atoms with van der Waals surface area (Å²) < 4.78 is 39.1. The lowest BCUT2D eigenvalue weighted by atomic mass is 9.81. The number of ketones is 2. The Balaban J connectivity index is 1.30. The van der Waals surface area contributed by atoms with Gasteiger partial charge in [-0.3, -0.25) is 14.4 Å². The van der Waals surface area contributed by atoms with Gasteiger partial charge in [-0.05, 0) is 120 Å². The standard InChI is InChI=1S/C52H76N2O12/c1-11-36-23-30(2)22-31(3)24-45(62-9)48-46(63-10)26-33(5)52(60,66-48)49(57)50(58)54-20-13-12-14-40(54)51(59)65-47(34(6)41(55)29-42(36)56)32(4)25-35-15-18-43(44(27-35)61-8)64-38-16-17-39-37(28-38)19-21-53(39)7/h16-17,19,21,23,25,28,31,33-36,40-41,43-48,55,60H,11-15,18,20,22,24,26-27,29H2,1-10H3. The largest absolute Gasteiger partial charge is 0.488 e. The van der Waals surface area contributed by atoms with Gasteiger partial charge in [-0.2, -0.15) is 0 Å². The smallest absolute Gasteiger partial charge is 0.329 e. The number of Topliss-reactive ketones (excluding diaryl/α,β-unsaturated/α-hetero) is 2. The van der Waals surface area contributed by atoms with Gasteiger partial charge in [0.1, 0.15) is 35.9 Å². The molecular weight excluding hydrogens is 845 g/mol. The van der Waals surface area contributed by atoms with Crippen LogP contribution in [-0.2, 0) is 49.9 Å². The van der Waals surface area contributed by atoms with Crippen LogP contribution in [0.2, 0.25) is 0 Å². The normalized spacial score (nSPS) is 36.3. The van der Waals surface area contributed by atoms with E-state index in [9.17, 15) is 29.4 Å². The summed E-state index contributed by atoms with van der Waals surface area (Å²) in [6.07, 6.45) is 6.67. The van der Waals surface area contributed by atoms with Crippen molar-refractivity contribution in [2.24, 2.45) is 36.6 Å². The van der Waals surface area contributed by atoms with Crippen LogP contribution in [0.5, 0.6) is 5.75 Å². The number of allylic oxidation sites excluding steroid dienone is 3. The van der Waals surface area contributed by atoms with E-state index in [2.05, 4.69) is 23.6 Å². The van der Waals surface area contributed by atoms with Crippen LogP contribution in [0, 0.1) is 29.6 Å². The molecule has 0 spiro atoms. The number of ether oxygens (including phenoxy) is 6. The first-order chi connectivity index (χ1) is 31.4. The molecule has 3 fully saturated rings. The van der Waals surface area contributed by atoms with Crippen molar-refractivity contribution in [2.75, 3.05) is 27.9 Å². The maximum atomic E-state index is 14.5. The van der Waals surface area contributed by atoms with Crippen molar-refractivity contribution in [2.45, 2.75) is 167 Å². The molecule has 14 nitrogen and oxygen atoms in total. The van der Waals surface area contributed by atoms with Gasteiger partial charge in [0.05, 0.1) is 24.4 Å². The van der Waals surface area contributed by atoms with Crippen molar-refractivity contribution in [1.29, 1.82) is 0 Å². The van der Waals surface area contributed by atoms with E-state index in [4.69, 9.17) is 28.4 Å². The highest BCUT2D eigenvalue weighted by Gasteiger charge is 2.56. The molecule has 2 N–H and O–H groups in total. The minimum atomic E-state index is -2.51. The highest BCUT2D eigenvalue weighted by Crippen LogP contribution is 2.40. The SMILES string of the molecule is CCC1C=C(C)CC(C)CC(OC)C2OC(O)(C(=O)C(=O)N3CCCCC3C(=O)OC(C(C)=CC3CCC(Oc4ccc5c(ccn5C)c4)C(OC)C3)C(C)C(O)CC1=O)C(C)CC2OC. The highest BCUT2D eigenvalue weighted by atomic mass is 16.7. The van der Waals surface area contributed by atoms with Gasteiger partial charge >= 0.3 is 5.97 Å². The number of esters is 1. The summed E-state index contributed by atoms with van der Waals surface area (Å²) in [6.45, 7) is 11.4. The third-order valence-corrected chi connectivity index (χ3v) is 15.0. The number of nitrogens with zero attached hydrogens (tertiary/aromatic N) is 2. The molecule has 1 saturated carbocycles. The minimum Gasteiger partial charge on any atom is -0.488 e. The second-order valence-electron chi connectivity index (χ2n) is 19.9. The number of amides is 1. The fourth-order valence-electron chi connectivity index (χ4n) is 11.0. The molecule has 2 aromatic rings. The third-order valence-electron chi connectivity index (χ3n) is 15.0. The van der Waals surface area contributed by atoms with Crippen molar-refractivity contribution >= 4 is 34.3 Å². The van der Waals surface area contributed by atoms with Crippen LogP contribution in [0.3, 0.4) is 0 Å². The van der Waals surface area contributed by atoms with Crippen LogP contribution in [0.15, 0.2) is 53.8 Å². The van der Waals surface area contributed by atoms with Crippen LogP contribution in [-0.4, -0.2) is 126 Å². The number of benzene rings is 1. The fraction of sp³-hybridized carbons (Fsp3) is 0.692. The summed E-state index contributed by atoms with van der Waals surface area (Å²) in [5, 5.41) is 25.1. The van der Waals surface area contributed by atoms with E-state index in [0.717, 1.165) is 28.6 Å². The Morgan fingerprint density at radius 1 is 0.909 bits per heavy atom. The Labute approximate surface area is 391 Å². The number of methoxy groups -OCH3 is 3. The molecule has 1 aromatic heterocycles. The van der Waals surface area contributed by atoms with Gasteiger partial charge in [0.15, 0.2) is 0 Å². The lowest BCUT2D eigenvalue weighted by molar-refractivity contribution is -0.302. The molecule has 1 aromatic carbocycles. The summed E-state index contributed by atoms with van der Waals surface area (Å²) in [6, 6.07) is 6.99. The zero-order valence-electron chi connectivity index (χ0n) is 40.9. The van der Waals surface area contributed by atoms with E-state index >= 15 is 0 Å². The summed E-state index contributed by atoms with van der Waals surface area (Å²) in [7, 11) is 6.77. The molecule has 14 heteroatoms. The van der Waals surface area contributed by atoms with E-state index in [0.29, 0.717) is 50.5 Å². The number of hydrogen-bond acceptors (Lipinski definition) is 12. The molecule has 66 heavy (non-hydrogen) atoms. The van der Waals surface area contributed by atoms with Crippen LogP contribution in [0.4, 0.5) is 0 Å². The molecule has 1 amide bonds. The number of aliphatic hydroxyl groups excluding tert-OH is 1. The molecule has 0 radical (unpaired) electrons. The number of aryl methyl sites for hydroxylation is 1. The van der Waals surface area contributed by atoms with Gasteiger partial charge in [-0.15, -0.1) is 0 Å². The van der Waals surface area contributed by atoms with Crippen molar-refractivity contribution in [1.82, 2.24) is 9.47 Å². The van der Waals surface area contributed by atoms with E-state index < -0.39 is 77.8 Å². The van der Waals surface area contributed by atoms with Crippen molar-refractivity contribution in [3.05, 3.63) is 53.8 Å². The zero-order chi connectivity index (χ0) is 48.0. The molecule has 14 unspecified atom stereocenters. The van der Waals surface area contributed by atoms with Crippen molar-refractivity contribution in [3.8, 4) is 5.75 Å². The Hall–Kier alpha value is -3.92. The number of piperidine rings is 1. The molecule has 1 aliphatic carbocycles. The van der Waals surface area contributed by atoms with Crippen LogP contribution < -0.4 is 4.74 Å². The number of rotatable bonds is 8. The number of cyclic esters (lactones) is 1. The third kappa shape index (κ3) is 11.5. The summed E-state index contributed by atoms with van der Waals surface area (Å²) in [4.78, 5) is 58.5. The number of aromatic nitrogens is 1. The van der Waals surface area contributed by atoms with Gasteiger partial charge in [0.25, 0.3) is 11.7 Å². The van der Waals surface area contributed by atoms with Gasteiger partial charge in [0.2, 0.25) is 5.79 Å². The van der Waals surface area contributed by atoms with Crippen LogP contribution >= 0.6 is 0 Å². The van der Waals surface area contributed by atoms with Gasteiger partial charge in [0, 0.05) is 76.2 Å². The summed E-state index contributed by atoms with van der Waals surface area (Å²) in [5.74, 6) is -6.70. The quantitative estimate of drug-likeness (QED) is 0.157. The van der Waals surface area contributed by atoms with Crippen LogP contribution in [0.25, 0.3) is 10.9 Å². The molecule has 366 valence electrons.